The Morgan fingerprint density at radius 3 is 2.74 bits per heavy atom. The van der Waals surface area contributed by atoms with Crippen molar-refractivity contribution >= 4 is 39.5 Å². The molecule has 3 aromatic heterocycles. The third-order valence-electron chi connectivity index (χ3n) is 5.28. The van der Waals surface area contributed by atoms with Gasteiger partial charge in [0, 0.05) is 31.9 Å². The van der Waals surface area contributed by atoms with E-state index in [1.807, 2.05) is 0 Å². The van der Waals surface area contributed by atoms with Crippen molar-refractivity contribution < 1.29 is 26.7 Å². The minimum atomic E-state index is -2.90. The van der Waals surface area contributed by atoms with Gasteiger partial charge < -0.3 is 20.2 Å². The van der Waals surface area contributed by atoms with Crippen LogP contribution in [-0.4, -0.2) is 48.5 Å². The second-order valence-electron chi connectivity index (χ2n) is 8.25. The quantitative estimate of drug-likeness (QED) is 0.173. The lowest BCUT2D eigenvalue weighted by Gasteiger charge is -2.28. The second kappa shape index (κ2) is 11.2. The molecular formula is C23H22F4N8O2S. The van der Waals surface area contributed by atoms with Gasteiger partial charge in [-0.1, -0.05) is 11.8 Å². The van der Waals surface area contributed by atoms with Crippen molar-refractivity contribution in [2.45, 2.75) is 38.0 Å². The SMILES string of the molecule is CN=C(N)S[C@](C)(Cc1cc(Nc2nccc3nc(OCc4nnc(C)o4)cnc23)cc(F)c1F)C(F)F. The monoisotopic (exact) mass is 550 g/mol. The molecule has 0 bridgehead atoms. The van der Waals surface area contributed by atoms with Gasteiger partial charge in [-0.15, -0.1) is 10.2 Å². The van der Waals surface area contributed by atoms with Gasteiger partial charge >= 0.3 is 0 Å². The number of fused-ring (bicyclic) bond motifs is 1. The highest BCUT2D eigenvalue weighted by atomic mass is 32.2. The van der Waals surface area contributed by atoms with Crippen LogP contribution in [0.25, 0.3) is 11.0 Å². The van der Waals surface area contributed by atoms with E-state index in [4.69, 9.17) is 14.9 Å². The Morgan fingerprint density at radius 2 is 2.05 bits per heavy atom. The number of rotatable bonds is 9. The number of pyridine rings is 1. The van der Waals surface area contributed by atoms with Crippen molar-refractivity contribution in [3.05, 3.63) is 59.6 Å². The smallest absolute Gasteiger partial charge is 0.253 e. The molecule has 0 aliphatic carbocycles. The second-order valence-corrected chi connectivity index (χ2v) is 9.80. The van der Waals surface area contributed by atoms with Crippen LogP contribution in [-0.2, 0) is 13.0 Å². The van der Waals surface area contributed by atoms with Gasteiger partial charge in [-0.2, -0.15) is 0 Å². The maximum atomic E-state index is 14.6. The summed E-state index contributed by atoms with van der Waals surface area (Å²) >= 11 is 0.594. The van der Waals surface area contributed by atoms with E-state index in [0.717, 1.165) is 6.07 Å². The number of aliphatic imine (C=N–C) groups is 1. The number of hydrogen-bond donors (Lipinski definition) is 2. The maximum absolute atomic E-state index is 14.6. The van der Waals surface area contributed by atoms with Gasteiger partial charge in [0.25, 0.3) is 12.3 Å². The molecule has 1 aromatic carbocycles. The Bertz CT molecular complexity index is 1490. The number of nitrogens with zero attached hydrogens (tertiary/aromatic N) is 6. The van der Waals surface area contributed by atoms with E-state index in [1.165, 1.54) is 32.4 Å². The normalized spacial score (nSPS) is 13.6. The first-order chi connectivity index (χ1) is 18.1. The molecule has 3 N–H and O–H groups in total. The largest absolute Gasteiger partial charge is 0.466 e. The molecule has 38 heavy (non-hydrogen) atoms. The molecule has 1 atom stereocenters. The molecule has 4 rings (SSSR count). The van der Waals surface area contributed by atoms with Crippen molar-refractivity contribution in [3.63, 3.8) is 0 Å². The molecule has 0 saturated heterocycles. The highest BCUT2D eigenvalue weighted by Gasteiger charge is 2.38. The van der Waals surface area contributed by atoms with Crippen molar-refractivity contribution in [2.75, 3.05) is 12.4 Å². The lowest BCUT2D eigenvalue weighted by molar-refractivity contribution is 0.106. The fourth-order valence-corrected chi connectivity index (χ4v) is 4.31. The minimum Gasteiger partial charge on any atom is -0.466 e. The van der Waals surface area contributed by atoms with Crippen molar-refractivity contribution in [1.29, 1.82) is 0 Å². The number of alkyl halides is 2. The third kappa shape index (κ3) is 6.10. The van der Waals surface area contributed by atoms with E-state index < -0.39 is 29.2 Å². The van der Waals surface area contributed by atoms with E-state index in [1.54, 1.807) is 13.0 Å². The summed E-state index contributed by atoms with van der Waals surface area (Å²) in [5.74, 6) is -1.44. The van der Waals surface area contributed by atoms with Gasteiger partial charge in [0.1, 0.15) is 5.52 Å². The van der Waals surface area contributed by atoms with E-state index in [-0.39, 0.29) is 40.6 Å². The summed E-state index contributed by atoms with van der Waals surface area (Å²) in [5, 5.41) is 10.3. The molecule has 0 saturated carbocycles. The van der Waals surface area contributed by atoms with Crippen molar-refractivity contribution in [3.8, 4) is 5.88 Å². The first kappa shape index (κ1) is 27.0. The van der Waals surface area contributed by atoms with Crippen LogP contribution in [0.3, 0.4) is 0 Å². The van der Waals surface area contributed by atoms with Crippen LogP contribution in [0.15, 0.2) is 40.0 Å². The average molecular weight is 551 g/mol. The first-order valence-corrected chi connectivity index (χ1v) is 11.9. The zero-order chi connectivity index (χ0) is 27.4. The van der Waals surface area contributed by atoms with Gasteiger partial charge in [0.2, 0.25) is 11.8 Å². The number of nitrogens with two attached hydrogens (primary N) is 1. The minimum absolute atomic E-state index is 0.0135. The summed E-state index contributed by atoms with van der Waals surface area (Å²) in [6, 6.07) is 3.71. The highest BCUT2D eigenvalue weighted by Crippen LogP contribution is 2.37. The number of nitrogens with one attached hydrogen (secondary N) is 1. The summed E-state index contributed by atoms with van der Waals surface area (Å²) in [6.07, 6.45) is -0.641. The number of benzene rings is 1. The summed E-state index contributed by atoms with van der Waals surface area (Å²) in [7, 11) is 1.35. The molecule has 0 spiro atoms. The number of ether oxygens (including phenoxy) is 1. The van der Waals surface area contributed by atoms with Crippen LogP contribution >= 0.6 is 11.8 Å². The lowest BCUT2D eigenvalue weighted by Crippen LogP contribution is -2.36. The topological polar surface area (TPSA) is 137 Å². The molecule has 0 aliphatic heterocycles. The van der Waals surface area contributed by atoms with Gasteiger partial charge in [-0.05, 0) is 31.0 Å². The Morgan fingerprint density at radius 1 is 1.26 bits per heavy atom. The molecule has 0 radical (unpaired) electrons. The fourth-order valence-electron chi connectivity index (χ4n) is 3.43. The molecule has 0 fully saturated rings. The predicted octanol–water partition coefficient (Wildman–Crippen LogP) is 4.56. The highest BCUT2D eigenvalue weighted by molar-refractivity contribution is 8.15. The van der Waals surface area contributed by atoms with Crippen LogP contribution in [0.5, 0.6) is 5.88 Å². The maximum Gasteiger partial charge on any atom is 0.253 e. The van der Waals surface area contributed by atoms with Crippen LogP contribution in [0.2, 0.25) is 0 Å². The summed E-state index contributed by atoms with van der Waals surface area (Å²) in [5.41, 5.74) is 6.12. The van der Waals surface area contributed by atoms with Crippen LogP contribution in [0.1, 0.15) is 24.3 Å². The van der Waals surface area contributed by atoms with Crippen molar-refractivity contribution in [1.82, 2.24) is 25.1 Å². The van der Waals surface area contributed by atoms with Gasteiger partial charge in [-0.25, -0.2) is 32.5 Å². The Balaban J connectivity index is 1.59. The number of halogens is 4. The molecule has 200 valence electrons. The zero-order valence-corrected chi connectivity index (χ0v) is 21.2. The molecule has 3 heterocycles. The standard InChI is InChI=1S/C23H22F4N8O2S/c1-11-34-35-17(37-11)10-36-16-9-31-19-15(33-16)4-5-30-20(19)32-13-6-12(18(25)14(24)7-13)8-23(2,21(26)27)38-22(28)29-3/h4-7,9,21H,8,10H2,1-3H3,(H2,28,29)(H,30,32)/t23-/m1/s1. The lowest BCUT2D eigenvalue weighted by atomic mass is 9.99. The van der Waals surface area contributed by atoms with Crippen LogP contribution < -0.4 is 15.8 Å². The molecule has 10 nitrogen and oxygen atoms in total. The average Bonchev–Trinajstić information content (AvgIpc) is 3.30. The first-order valence-electron chi connectivity index (χ1n) is 11.1. The summed E-state index contributed by atoms with van der Waals surface area (Å²) in [4.78, 5) is 16.5. The van der Waals surface area contributed by atoms with E-state index in [0.29, 0.717) is 28.7 Å². The van der Waals surface area contributed by atoms with E-state index >= 15 is 0 Å². The molecule has 0 aliphatic rings. The zero-order valence-electron chi connectivity index (χ0n) is 20.4. The van der Waals surface area contributed by atoms with Gasteiger partial charge in [0.05, 0.1) is 16.5 Å². The number of hydrogen-bond acceptors (Lipinski definition) is 10. The van der Waals surface area contributed by atoms with Gasteiger partial charge in [0.15, 0.2) is 29.2 Å². The van der Waals surface area contributed by atoms with Crippen LogP contribution in [0.4, 0.5) is 29.1 Å². The number of aryl methyl sites for hydroxylation is 1. The Hall–Kier alpha value is -4.01. The molecule has 4 aromatic rings. The number of thioether (sulfide) groups is 1. The summed E-state index contributed by atoms with van der Waals surface area (Å²) < 4.78 is 65.9. The van der Waals surface area contributed by atoms with Gasteiger partial charge in [-0.3, -0.25) is 4.99 Å². The Labute approximate surface area is 218 Å². The molecule has 15 heteroatoms. The van der Waals surface area contributed by atoms with Crippen molar-refractivity contribution in [2.24, 2.45) is 10.7 Å². The van der Waals surface area contributed by atoms with E-state index in [9.17, 15) is 17.6 Å². The molecule has 0 unspecified atom stereocenters. The van der Waals surface area contributed by atoms with E-state index in [2.05, 4.69) is 35.5 Å². The number of aromatic nitrogens is 5. The Kier molecular flexibility index (Phi) is 7.94. The summed E-state index contributed by atoms with van der Waals surface area (Å²) in [6.45, 7) is 2.84. The third-order valence-corrected chi connectivity index (χ3v) is 6.46. The molecular weight excluding hydrogens is 528 g/mol. The predicted molar refractivity (Wildman–Crippen MR) is 134 cm³/mol. The number of amidine groups is 1. The van der Waals surface area contributed by atoms with Crippen LogP contribution in [0, 0.1) is 18.6 Å². The molecule has 0 amide bonds. The number of anilines is 2. The fraction of sp³-hybridized carbons (Fsp3) is 0.304.